The summed E-state index contributed by atoms with van der Waals surface area (Å²) in [6.07, 6.45) is 0. The minimum Gasteiger partial charge on any atom is -0.395 e. The second kappa shape index (κ2) is 5.87. The van der Waals surface area contributed by atoms with Gasteiger partial charge in [0.15, 0.2) is 0 Å². The van der Waals surface area contributed by atoms with Gasteiger partial charge in [-0.3, -0.25) is 0 Å². The molecular formula is C13H22N2O. The molecule has 0 saturated heterocycles. The van der Waals surface area contributed by atoms with Gasteiger partial charge in [0, 0.05) is 24.3 Å². The first-order valence-electron chi connectivity index (χ1n) is 5.79. The summed E-state index contributed by atoms with van der Waals surface area (Å²) < 4.78 is 0. The van der Waals surface area contributed by atoms with Crippen molar-refractivity contribution in [1.82, 2.24) is 0 Å². The van der Waals surface area contributed by atoms with E-state index in [0.29, 0.717) is 12.6 Å². The van der Waals surface area contributed by atoms with Gasteiger partial charge in [-0.1, -0.05) is 12.1 Å². The molecule has 3 heteroatoms. The number of rotatable bonds is 5. The van der Waals surface area contributed by atoms with Crippen LogP contribution in [-0.2, 0) is 0 Å². The van der Waals surface area contributed by atoms with Crippen LogP contribution in [0.15, 0.2) is 24.3 Å². The van der Waals surface area contributed by atoms with Crippen LogP contribution < -0.4 is 10.6 Å². The van der Waals surface area contributed by atoms with Crippen molar-refractivity contribution in [3.63, 3.8) is 0 Å². The highest BCUT2D eigenvalue weighted by molar-refractivity contribution is 5.48. The summed E-state index contributed by atoms with van der Waals surface area (Å²) in [5, 5.41) is 9.03. The Balaban J connectivity index is 2.85. The third kappa shape index (κ3) is 3.22. The molecule has 0 heterocycles. The quantitative estimate of drug-likeness (QED) is 0.800. The fourth-order valence-corrected chi connectivity index (χ4v) is 1.76. The van der Waals surface area contributed by atoms with E-state index in [-0.39, 0.29) is 12.6 Å². The van der Waals surface area contributed by atoms with Crippen molar-refractivity contribution in [2.75, 3.05) is 18.1 Å². The fourth-order valence-electron chi connectivity index (χ4n) is 1.76. The summed E-state index contributed by atoms with van der Waals surface area (Å²) in [4.78, 5) is 2.17. The highest BCUT2D eigenvalue weighted by Crippen LogP contribution is 2.19. The highest BCUT2D eigenvalue weighted by Gasteiger charge is 2.09. The van der Waals surface area contributed by atoms with Crippen molar-refractivity contribution in [3.05, 3.63) is 29.8 Å². The Labute approximate surface area is 97.9 Å². The molecule has 1 unspecified atom stereocenters. The zero-order valence-electron chi connectivity index (χ0n) is 10.4. The van der Waals surface area contributed by atoms with Crippen LogP contribution in [0.1, 0.15) is 32.4 Å². The molecule has 0 radical (unpaired) electrons. The van der Waals surface area contributed by atoms with E-state index in [4.69, 9.17) is 10.8 Å². The number of hydrogen-bond donors (Lipinski definition) is 2. The first-order valence-corrected chi connectivity index (χ1v) is 5.79. The third-order valence-corrected chi connectivity index (χ3v) is 2.71. The highest BCUT2D eigenvalue weighted by atomic mass is 16.3. The molecule has 0 bridgehead atoms. The fraction of sp³-hybridized carbons (Fsp3) is 0.538. The Bertz CT molecular complexity index is 306. The lowest BCUT2D eigenvalue weighted by Gasteiger charge is -2.28. The van der Waals surface area contributed by atoms with E-state index in [1.165, 1.54) is 0 Å². The number of aliphatic hydroxyl groups excluding tert-OH is 1. The van der Waals surface area contributed by atoms with E-state index in [9.17, 15) is 0 Å². The minimum absolute atomic E-state index is 0.0689. The van der Waals surface area contributed by atoms with Gasteiger partial charge in [-0.05, 0) is 38.5 Å². The van der Waals surface area contributed by atoms with Gasteiger partial charge in [0.1, 0.15) is 0 Å². The molecule has 0 amide bonds. The SMILES string of the molecule is CC(N)c1ccc(N(CCO)C(C)C)cc1. The van der Waals surface area contributed by atoms with E-state index < -0.39 is 0 Å². The lowest BCUT2D eigenvalue weighted by molar-refractivity contribution is 0.299. The molecule has 16 heavy (non-hydrogen) atoms. The molecule has 1 rings (SSSR count). The smallest absolute Gasteiger partial charge is 0.0606 e. The number of nitrogens with zero attached hydrogens (tertiary/aromatic N) is 1. The molecule has 3 nitrogen and oxygen atoms in total. The average molecular weight is 222 g/mol. The van der Waals surface area contributed by atoms with Crippen LogP contribution >= 0.6 is 0 Å². The molecule has 90 valence electrons. The maximum absolute atomic E-state index is 9.03. The van der Waals surface area contributed by atoms with Crippen molar-refractivity contribution in [1.29, 1.82) is 0 Å². The monoisotopic (exact) mass is 222 g/mol. The van der Waals surface area contributed by atoms with Crippen molar-refractivity contribution >= 4 is 5.69 Å². The number of hydrogen-bond acceptors (Lipinski definition) is 3. The predicted molar refractivity (Wildman–Crippen MR) is 68.6 cm³/mol. The van der Waals surface area contributed by atoms with Crippen LogP contribution in [0.4, 0.5) is 5.69 Å². The van der Waals surface area contributed by atoms with Gasteiger partial charge in [0.25, 0.3) is 0 Å². The van der Waals surface area contributed by atoms with Crippen LogP contribution in [-0.4, -0.2) is 24.3 Å². The van der Waals surface area contributed by atoms with Gasteiger partial charge < -0.3 is 15.7 Å². The second-order valence-electron chi connectivity index (χ2n) is 4.39. The summed E-state index contributed by atoms with van der Waals surface area (Å²) in [6.45, 7) is 7.05. The molecule has 0 saturated carbocycles. The first-order chi connectivity index (χ1) is 7.56. The molecular weight excluding hydrogens is 200 g/mol. The topological polar surface area (TPSA) is 49.5 Å². The van der Waals surface area contributed by atoms with Gasteiger partial charge >= 0.3 is 0 Å². The maximum Gasteiger partial charge on any atom is 0.0606 e. The minimum atomic E-state index is 0.0689. The number of benzene rings is 1. The zero-order valence-corrected chi connectivity index (χ0v) is 10.4. The summed E-state index contributed by atoms with van der Waals surface area (Å²) in [6, 6.07) is 8.68. The molecule has 0 spiro atoms. The largest absolute Gasteiger partial charge is 0.395 e. The predicted octanol–water partition coefficient (Wildman–Crippen LogP) is 1.91. The van der Waals surface area contributed by atoms with E-state index >= 15 is 0 Å². The van der Waals surface area contributed by atoms with Crippen LogP contribution in [0.2, 0.25) is 0 Å². The molecule has 0 aliphatic heterocycles. The Morgan fingerprint density at radius 2 is 1.75 bits per heavy atom. The van der Waals surface area contributed by atoms with Gasteiger partial charge in [-0.15, -0.1) is 0 Å². The van der Waals surface area contributed by atoms with Crippen LogP contribution in [0, 0.1) is 0 Å². The molecule has 0 aliphatic rings. The molecule has 0 fully saturated rings. The maximum atomic E-state index is 9.03. The standard InChI is InChI=1S/C13H22N2O/c1-10(2)15(8-9-16)13-6-4-12(5-7-13)11(3)14/h4-7,10-11,16H,8-9,14H2,1-3H3. The Hall–Kier alpha value is -1.06. The van der Waals surface area contributed by atoms with Gasteiger partial charge in [0.05, 0.1) is 6.61 Å². The van der Waals surface area contributed by atoms with E-state index in [1.807, 2.05) is 19.1 Å². The lowest BCUT2D eigenvalue weighted by Crippen LogP contribution is -2.33. The summed E-state index contributed by atoms with van der Waals surface area (Å²) in [5.41, 5.74) is 8.07. The molecule has 0 aromatic heterocycles. The molecule has 0 aliphatic carbocycles. The molecule has 1 aromatic rings. The Morgan fingerprint density at radius 1 is 1.19 bits per heavy atom. The first kappa shape index (κ1) is 13.0. The summed E-state index contributed by atoms with van der Waals surface area (Å²) in [7, 11) is 0. The summed E-state index contributed by atoms with van der Waals surface area (Å²) >= 11 is 0. The normalized spacial score (nSPS) is 12.9. The third-order valence-electron chi connectivity index (χ3n) is 2.71. The lowest BCUT2D eigenvalue weighted by atomic mass is 10.1. The van der Waals surface area contributed by atoms with Crippen LogP contribution in [0.25, 0.3) is 0 Å². The van der Waals surface area contributed by atoms with Gasteiger partial charge in [-0.2, -0.15) is 0 Å². The second-order valence-corrected chi connectivity index (χ2v) is 4.39. The van der Waals surface area contributed by atoms with E-state index in [1.54, 1.807) is 0 Å². The number of anilines is 1. The van der Waals surface area contributed by atoms with Crippen molar-refractivity contribution in [3.8, 4) is 0 Å². The summed E-state index contributed by atoms with van der Waals surface area (Å²) in [5.74, 6) is 0. The van der Waals surface area contributed by atoms with E-state index in [2.05, 4.69) is 30.9 Å². The average Bonchev–Trinajstić information content (AvgIpc) is 2.25. The Morgan fingerprint density at radius 3 is 2.12 bits per heavy atom. The van der Waals surface area contributed by atoms with Gasteiger partial charge in [0.2, 0.25) is 0 Å². The van der Waals surface area contributed by atoms with Crippen LogP contribution in [0.5, 0.6) is 0 Å². The molecule has 3 N–H and O–H groups in total. The number of aliphatic hydroxyl groups is 1. The van der Waals surface area contributed by atoms with Gasteiger partial charge in [-0.25, -0.2) is 0 Å². The Kier molecular flexibility index (Phi) is 4.77. The van der Waals surface area contributed by atoms with Crippen molar-refractivity contribution in [2.45, 2.75) is 32.9 Å². The van der Waals surface area contributed by atoms with Crippen molar-refractivity contribution in [2.24, 2.45) is 5.73 Å². The van der Waals surface area contributed by atoms with Crippen molar-refractivity contribution < 1.29 is 5.11 Å². The molecule has 1 atom stereocenters. The van der Waals surface area contributed by atoms with Crippen LogP contribution in [0.3, 0.4) is 0 Å². The molecule has 1 aromatic carbocycles. The number of nitrogens with two attached hydrogens (primary N) is 1. The van der Waals surface area contributed by atoms with E-state index in [0.717, 1.165) is 11.3 Å². The zero-order chi connectivity index (χ0) is 12.1.